The molecule has 1 saturated heterocycles. The Kier molecular flexibility index (Phi) is 4.03. The van der Waals surface area contributed by atoms with Gasteiger partial charge in [0.25, 0.3) is 0 Å². The first-order valence-electron chi connectivity index (χ1n) is 7.21. The highest BCUT2D eigenvalue weighted by Crippen LogP contribution is 2.23. The number of hydrogen-bond donors (Lipinski definition) is 0. The zero-order valence-electron chi connectivity index (χ0n) is 12.4. The molecule has 1 aliphatic rings. The summed E-state index contributed by atoms with van der Waals surface area (Å²) in [5.74, 6) is 0.649. The van der Waals surface area contributed by atoms with Crippen molar-refractivity contribution < 1.29 is 9.13 Å². The first-order valence-corrected chi connectivity index (χ1v) is 7.21. The second-order valence-corrected chi connectivity index (χ2v) is 5.62. The van der Waals surface area contributed by atoms with E-state index in [0.29, 0.717) is 0 Å². The van der Waals surface area contributed by atoms with Crippen LogP contribution in [0.2, 0.25) is 0 Å². The molecule has 0 radical (unpaired) electrons. The average Bonchev–Trinajstić information content (AvgIpc) is 2.87. The molecule has 1 unspecified atom stereocenters. The van der Waals surface area contributed by atoms with Crippen molar-refractivity contribution in [3.63, 3.8) is 0 Å². The highest BCUT2D eigenvalue weighted by atomic mass is 19.1. The molecule has 2 aromatic rings. The van der Waals surface area contributed by atoms with Gasteiger partial charge in [0.1, 0.15) is 11.6 Å². The Morgan fingerprint density at radius 2 is 2.29 bits per heavy atom. The van der Waals surface area contributed by atoms with E-state index in [1.807, 2.05) is 13.1 Å². The lowest BCUT2D eigenvalue weighted by molar-refractivity contribution is -0.0272. The molecule has 4 nitrogen and oxygen atoms in total. The van der Waals surface area contributed by atoms with Gasteiger partial charge < -0.3 is 14.2 Å². The average molecular weight is 289 g/mol. The summed E-state index contributed by atoms with van der Waals surface area (Å²) >= 11 is 0. The largest absolute Gasteiger partial charge is 0.374 e. The third kappa shape index (κ3) is 3.14. The van der Waals surface area contributed by atoms with Crippen molar-refractivity contribution in [3.05, 3.63) is 42.0 Å². The molecule has 21 heavy (non-hydrogen) atoms. The molecule has 0 spiro atoms. The maximum absolute atomic E-state index is 13.3. The molecule has 3 rings (SSSR count). The highest BCUT2D eigenvalue weighted by Gasteiger charge is 2.19. The van der Waals surface area contributed by atoms with Crippen LogP contribution in [0.25, 0.3) is 11.4 Å². The number of imidazole rings is 1. The Morgan fingerprint density at radius 3 is 3.05 bits per heavy atom. The van der Waals surface area contributed by atoms with Gasteiger partial charge in [-0.1, -0.05) is 0 Å². The molecule has 1 fully saturated rings. The Hall–Kier alpha value is -1.72. The first kappa shape index (κ1) is 14.2. The fourth-order valence-electron chi connectivity index (χ4n) is 2.78. The lowest BCUT2D eigenvalue weighted by Gasteiger charge is -2.30. The normalized spacial score (nSPS) is 19.9. The molecular formula is C16H20FN3O. The predicted octanol–water partition coefficient (Wildman–Crippen LogP) is 2.33. The van der Waals surface area contributed by atoms with E-state index in [9.17, 15) is 4.39 Å². The van der Waals surface area contributed by atoms with Crippen molar-refractivity contribution in [1.82, 2.24) is 14.5 Å². The van der Waals surface area contributed by atoms with Crippen molar-refractivity contribution >= 4 is 0 Å². The van der Waals surface area contributed by atoms with E-state index in [4.69, 9.17) is 4.74 Å². The van der Waals surface area contributed by atoms with Gasteiger partial charge in [0, 0.05) is 31.0 Å². The summed E-state index contributed by atoms with van der Waals surface area (Å²) in [5.41, 5.74) is 1.86. The molecule has 112 valence electrons. The van der Waals surface area contributed by atoms with Crippen LogP contribution < -0.4 is 0 Å². The molecule has 2 heterocycles. The van der Waals surface area contributed by atoms with Gasteiger partial charge in [-0.25, -0.2) is 9.37 Å². The number of halogens is 1. The molecule has 0 bridgehead atoms. The third-order valence-corrected chi connectivity index (χ3v) is 3.89. The third-order valence-electron chi connectivity index (χ3n) is 3.89. The van der Waals surface area contributed by atoms with Gasteiger partial charge >= 0.3 is 0 Å². The van der Waals surface area contributed by atoms with Crippen LogP contribution in [0.3, 0.4) is 0 Å². The van der Waals surface area contributed by atoms with E-state index >= 15 is 0 Å². The van der Waals surface area contributed by atoms with Gasteiger partial charge in [-0.05, 0) is 37.7 Å². The minimum Gasteiger partial charge on any atom is -0.374 e. The molecule has 1 aliphatic heterocycles. The summed E-state index contributed by atoms with van der Waals surface area (Å²) in [7, 11) is 2.11. The fraction of sp³-hybridized carbons (Fsp3) is 0.438. The quantitative estimate of drug-likeness (QED) is 0.869. The number of morpholine rings is 1. The number of rotatable bonds is 3. The SMILES string of the molecule is Cc1cc(F)ccc1-c1nccn1CC1CN(C)CCO1. The lowest BCUT2D eigenvalue weighted by Crippen LogP contribution is -2.41. The highest BCUT2D eigenvalue weighted by molar-refractivity contribution is 5.60. The molecule has 1 aromatic heterocycles. The number of ether oxygens (including phenoxy) is 1. The molecule has 0 N–H and O–H groups in total. The minimum atomic E-state index is -0.216. The Balaban J connectivity index is 1.83. The van der Waals surface area contributed by atoms with Gasteiger partial charge in [-0.3, -0.25) is 0 Å². The number of hydrogen-bond acceptors (Lipinski definition) is 3. The van der Waals surface area contributed by atoms with Crippen LogP contribution in [-0.4, -0.2) is 47.3 Å². The summed E-state index contributed by atoms with van der Waals surface area (Å²) in [4.78, 5) is 6.70. The van der Waals surface area contributed by atoms with Crippen molar-refractivity contribution in [2.24, 2.45) is 0 Å². The monoisotopic (exact) mass is 289 g/mol. The van der Waals surface area contributed by atoms with Crippen LogP contribution in [0, 0.1) is 12.7 Å². The van der Waals surface area contributed by atoms with Crippen molar-refractivity contribution in [3.8, 4) is 11.4 Å². The van der Waals surface area contributed by atoms with Gasteiger partial charge in [-0.2, -0.15) is 0 Å². The van der Waals surface area contributed by atoms with Crippen molar-refractivity contribution in [1.29, 1.82) is 0 Å². The summed E-state index contributed by atoms with van der Waals surface area (Å²) in [6, 6.07) is 4.81. The van der Waals surface area contributed by atoms with E-state index in [-0.39, 0.29) is 11.9 Å². The number of likely N-dealkylation sites (N-methyl/N-ethyl adjacent to an activating group) is 1. The predicted molar refractivity (Wildman–Crippen MR) is 79.6 cm³/mol. The fourth-order valence-corrected chi connectivity index (χ4v) is 2.78. The van der Waals surface area contributed by atoms with Gasteiger partial charge in [0.15, 0.2) is 0 Å². The summed E-state index contributed by atoms with van der Waals surface area (Å²) in [5, 5.41) is 0. The van der Waals surface area contributed by atoms with E-state index in [1.165, 1.54) is 6.07 Å². The molecule has 5 heteroatoms. The maximum atomic E-state index is 13.3. The van der Waals surface area contributed by atoms with Gasteiger partial charge in [-0.15, -0.1) is 0 Å². The van der Waals surface area contributed by atoms with Crippen LogP contribution in [-0.2, 0) is 11.3 Å². The zero-order valence-corrected chi connectivity index (χ0v) is 12.4. The van der Waals surface area contributed by atoms with Crippen LogP contribution in [0.15, 0.2) is 30.6 Å². The molecule has 1 atom stereocenters. The van der Waals surface area contributed by atoms with E-state index < -0.39 is 0 Å². The van der Waals surface area contributed by atoms with Crippen LogP contribution in [0.5, 0.6) is 0 Å². The van der Waals surface area contributed by atoms with Gasteiger partial charge in [0.05, 0.1) is 19.3 Å². The van der Waals surface area contributed by atoms with E-state index in [0.717, 1.165) is 43.2 Å². The lowest BCUT2D eigenvalue weighted by atomic mass is 10.1. The Labute approximate surface area is 124 Å². The molecule has 0 saturated carbocycles. The van der Waals surface area contributed by atoms with Crippen LogP contribution >= 0.6 is 0 Å². The first-order chi connectivity index (χ1) is 10.1. The van der Waals surface area contributed by atoms with Gasteiger partial charge in [0.2, 0.25) is 0 Å². The molecular weight excluding hydrogens is 269 g/mol. The summed E-state index contributed by atoms with van der Waals surface area (Å²) < 4.78 is 21.2. The standard InChI is InChI=1S/C16H20FN3O/c1-12-9-13(17)3-4-15(12)16-18-5-6-20(16)11-14-10-19(2)7-8-21-14/h3-6,9,14H,7-8,10-11H2,1-2H3. The topological polar surface area (TPSA) is 30.3 Å². The minimum absolute atomic E-state index is 0.164. The summed E-state index contributed by atoms with van der Waals surface area (Å²) in [6.45, 7) is 5.32. The number of nitrogens with zero attached hydrogens (tertiary/aromatic N) is 3. The number of benzene rings is 1. The number of aryl methyl sites for hydroxylation is 1. The Bertz CT molecular complexity index is 626. The molecule has 0 amide bonds. The van der Waals surface area contributed by atoms with Crippen LogP contribution in [0.1, 0.15) is 5.56 Å². The van der Waals surface area contributed by atoms with E-state index in [2.05, 4.69) is 21.5 Å². The van der Waals surface area contributed by atoms with E-state index in [1.54, 1.807) is 18.3 Å². The second kappa shape index (κ2) is 5.95. The smallest absolute Gasteiger partial charge is 0.140 e. The summed E-state index contributed by atoms with van der Waals surface area (Å²) in [6.07, 6.45) is 3.90. The second-order valence-electron chi connectivity index (χ2n) is 5.62. The number of aromatic nitrogens is 2. The Morgan fingerprint density at radius 1 is 1.43 bits per heavy atom. The zero-order chi connectivity index (χ0) is 14.8. The van der Waals surface area contributed by atoms with Crippen LogP contribution in [0.4, 0.5) is 4.39 Å². The molecule has 1 aromatic carbocycles. The molecule has 0 aliphatic carbocycles. The van der Waals surface area contributed by atoms with Crippen molar-refractivity contribution in [2.45, 2.75) is 19.6 Å². The van der Waals surface area contributed by atoms with Crippen molar-refractivity contribution in [2.75, 3.05) is 26.7 Å². The maximum Gasteiger partial charge on any atom is 0.140 e.